The van der Waals surface area contributed by atoms with Gasteiger partial charge in [-0.05, 0) is 24.6 Å². The van der Waals surface area contributed by atoms with E-state index < -0.39 is 0 Å². The van der Waals surface area contributed by atoms with Crippen molar-refractivity contribution in [1.82, 2.24) is 15.3 Å². The number of hydrogen-bond donors (Lipinski definition) is 2. The van der Waals surface area contributed by atoms with E-state index in [0.29, 0.717) is 6.79 Å². The number of nitrogens with one attached hydrogen (secondary N) is 2. The van der Waals surface area contributed by atoms with Gasteiger partial charge < -0.3 is 19.8 Å². The van der Waals surface area contributed by atoms with E-state index >= 15 is 0 Å². The van der Waals surface area contributed by atoms with Crippen LogP contribution in [-0.2, 0) is 6.54 Å². The van der Waals surface area contributed by atoms with E-state index in [9.17, 15) is 0 Å². The van der Waals surface area contributed by atoms with Crippen LogP contribution in [0.15, 0.2) is 30.6 Å². The Morgan fingerprint density at radius 1 is 1.39 bits per heavy atom. The standard InChI is InChI=1S/C13H15N3O2/c1-9(13-14-4-5-15-13)16-7-10-2-3-11-12(6-10)18-8-17-11/h2-6,9,16H,7-8H2,1H3,(H,14,15). The van der Waals surface area contributed by atoms with E-state index in [1.807, 2.05) is 24.4 Å². The second kappa shape index (κ2) is 4.70. The van der Waals surface area contributed by atoms with Gasteiger partial charge in [0.05, 0.1) is 6.04 Å². The highest BCUT2D eigenvalue weighted by molar-refractivity contribution is 5.44. The predicted molar refractivity (Wildman–Crippen MR) is 66.4 cm³/mol. The van der Waals surface area contributed by atoms with Crippen LogP contribution in [0.1, 0.15) is 24.4 Å². The summed E-state index contributed by atoms with van der Waals surface area (Å²) < 4.78 is 10.6. The Labute approximate surface area is 105 Å². The highest BCUT2D eigenvalue weighted by Gasteiger charge is 2.13. The minimum atomic E-state index is 0.186. The number of nitrogens with zero attached hydrogens (tertiary/aromatic N) is 1. The van der Waals surface area contributed by atoms with Gasteiger partial charge in [0.15, 0.2) is 11.5 Å². The lowest BCUT2D eigenvalue weighted by Gasteiger charge is -2.11. The Hall–Kier alpha value is -2.01. The molecule has 2 N–H and O–H groups in total. The summed E-state index contributed by atoms with van der Waals surface area (Å²) in [5, 5.41) is 3.40. The van der Waals surface area contributed by atoms with Crippen molar-refractivity contribution < 1.29 is 9.47 Å². The normalized spacial score (nSPS) is 14.7. The third-order valence-electron chi connectivity index (χ3n) is 2.98. The van der Waals surface area contributed by atoms with Gasteiger partial charge in [-0.3, -0.25) is 0 Å². The topological polar surface area (TPSA) is 59.2 Å². The number of benzene rings is 1. The van der Waals surface area contributed by atoms with Gasteiger partial charge in [0, 0.05) is 18.9 Å². The average Bonchev–Trinajstić information content (AvgIpc) is 3.05. The van der Waals surface area contributed by atoms with E-state index in [4.69, 9.17) is 9.47 Å². The van der Waals surface area contributed by atoms with E-state index in [1.165, 1.54) is 0 Å². The second-order valence-corrected chi connectivity index (χ2v) is 4.26. The summed E-state index contributed by atoms with van der Waals surface area (Å²) >= 11 is 0. The molecule has 1 aromatic heterocycles. The number of fused-ring (bicyclic) bond motifs is 1. The second-order valence-electron chi connectivity index (χ2n) is 4.26. The maximum Gasteiger partial charge on any atom is 0.231 e. The summed E-state index contributed by atoms with van der Waals surface area (Å²) in [7, 11) is 0. The lowest BCUT2D eigenvalue weighted by atomic mass is 10.2. The van der Waals surface area contributed by atoms with Crippen molar-refractivity contribution in [3.8, 4) is 11.5 Å². The number of rotatable bonds is 4. The first kappa shape index (κ1) is 11.1. The molecule has 5 heteroatoms. The van der Waals surface area contributed by atoms with Gasteiger partial charge >= 0.3 is 0 Å². The Morgan fingerprint density at radius 2 is 2.28 bits per heavy atom. The van der Waals surface area contributed by atoms with Crippen molar-refractivity contribution >= 4 is 0 Å². The monoisotopic (exact) mass is 245 g/mol. The number of aromatic nitrogens is 2. The fourth-order valence-corrected chi connectivity index (χ4v) is 1.93. The minimum absolute atomic E-state index is 0.186. The molecule has 1 aliphatic heterocycles. The quantitative estimate of drug-likeness (QED) is 0.864. The molecule has 1 aromatic carbocycles. The van der Waals surface area contributed by atoms with Crippen molar-refractivity contribution in [2.75, 3.05) is 6.79 Å². The number of H-pyrrole nitrogens is 1. The molecule has 0 saturated carbocycles. The Kier molecular flexibility index (Phi) is 2.90. The molecular formula is C13H15N3O2. The van der Waals surface area contributed by atoms with Crippen molar-refractivity contribution in [1.29, 1.82) is 0 Å². The Balaban J connectivity index is 1.63. The van der Waals surface area contributed by atoms with Crippen LogP contribution in [0.5, 0.6) is 11.5 Å². The highest BCUT2D eigenvalue weighted by atomic mass is 16.7. The number of aromatic amines is 1. The first-order chi connectivity index (χ1) is 8.83. The summed E-state index contributed by atoms with van der Waals surface area (Å²) in [4.78, 5) is 7.32. The fraction of sp³-hybridized carbons (Fsp3) is 0.308. The molecule has 5 nitrogen and oxygen atoms in total. The lowest BCUT2D eigenvalue weighted by molar-refractivity contribution is 0.174. The van der Waals surface area contributed by atoms with Gasteiger partial charge in [0.2, 0.25) is 6.79 Å². The molecule has 94 valence electrons. The summed E-state index contributed by atoms with van der Waals surface area (Å²) in [5.74, 6) is 2.58. The lowest BCUT2D eigenvalue weighted by Crippen LogP contribution is -2.19. The van der Waals surface area contributed by atoms with Gasteiger partial charge in [-0.25, -0.2) is 4.98 Å². The maximum atomic E-state index is 5.35. The smallest absolute Gasteiger partial charge is 0.231 e. The molecule has 3 rings (SSSR count). The van der Waals surface area contributed by atoms with Crippen molar-refractivity contribution in [2.24, 2.45) is 0 Å². The van der Waals surface area contributed by atoms with Crippen LogP contribution in [0.2, 0.25) is 0 Å². The third kappa shape index (κ3) is 2.17. The maximum absolute atomic E-state index is 5.35. The number of hydrogen-bond acceptors (Lipinski definition) is 4. The van der Waals surface area contributed by atoms with Crippen LogP contribution in [-0.4, -0.2) is 16.8 Å². The molecule has 0 bridgehead atoms. The van der Waals surface area contributed by atoms with Gasteiger partial charge in [0.1, 0.15) is 5.82 Å². The Bertz CT molecular complexity index is 525. The molecule has 0 spiro atoms. The van der Waals surface area contributed by atoms with Gasteiger partial charge in [-0.15, -0.1) is 0 Å². The SMILES string of the molecule is CC(NCc1ccc2c(c1)OCO2)c1ncc[nH]1. The van der Waals surface area contributed by atoms with Gasteiger partial charge in [0.25, 0.3) is 0 Å². The van der Waals surface area contributed by atoms with E-state index in [2.05, 4.69) is 22.2 Å². The molecule has 0 saturated heterocycles. The van der Waals surface area contributed by atoms with Crippen LogP contribution in [0.4, 0.5) is 0 Å². The predicted octanol–water partition coefficient (Wildman–Crippen LogP) is 1.99. The minimum Gasteiger partial charge on any atom is -0.454 e. The third-order valence-corrected chi connectivity index (χ3v) is 2.98. The van der Waals surface area contributed by atoms with Crippen LogP contribution >= 0.6 is 0 Å². The zero-order valence-corrected chi connectivity index (χ0v) is 10.1. The molecule has 0 amide bonds. The molecule has 1 atom stereocenters. The zero-order chi connectivity index (χ0) is 12.4. The van der Waals surface area contributed by atoms with Crippen LogP contribution in [0, 0.1) is 0 Å². The van der Waals surface area contributed by atoms with E-state index in [-0.39, 0.29) is 6.04 Å². The molecule has 2 heterocycles. The van der Waals surface area contributed by atoms with Gasteiger partial charge in [-0.2, -0.15) is 0 Å². The molecule has 0 aliphatic carbocycles. The molecule has 1 unspecified atom stereocenters. The summed E-state index contributed by atoms with van der Waals surface area (Å²) in [5.41, 5.74) is 1.16. The summed E-state index contributed by atoms with van der Waals surface area (Å²) in [6.07, 6.45) is 3.59. The molecular weight excluding hydrogens is 230 g/mol. The van der Waals surface area contributed by atoms with Crippen LogP contribution in [0.3, 0.4) is 0 Å². The van der Waals surface area contributed by atoms with Crippen molar-refractivity contribution in [3.63, 3.8) is 0 Å². The Morgan fingerprint density at radius 3 is 3.11 bits per heavy atom. The zero-order valence-electron chi connectivity index (χ0n) is 10.1. The molecule has 0 radical (unpaired) electrons. The molecule has 2 aromatic rings. The first-order valence-electron chi connectivity index (χ1n) is 5.94. The average molecular weight is 245 g/mol. The van der Waals surface area contributed by atoms with Crippen LogP contribution in [0.25, 0.3) is 0 Å². The fourth-order valence-electron chi connectivity index (χ4n) is 1.93. The van der Waals surface area contributed by atoms with Gasteiger partial charge in [-0.1, -0.05) is 6.07 Å². The first-order valence-corrected chi connectivity index (χ1v) is 5.94. The van der Waals surface area contributed by atoms with Crippen LogP contribution < -0.4 is 14.8 Å². The molecule has 1 aliphatic rings. The molecule has 18 heavy (non-hydrogen) atoms. The van der Waals surface area contributed by atoms with E-state index in [1.54, 1.807) is 6.20 Å². The largest absolute Gasteiger partial charge is 0.454 e. The van der Waals surface area contributed by atoms with E-state index in [0.717, 1.165) is 29.4 Å². The van der Waals surface area contributed by atoms with Crippen molar-refractivity contribution in [2.45, 2.75) is 19.5 Å². The van der Waals surface area contributed by atoms with Crippen molar-refractivity contribution in [3.05, 3.63) is 42.0 Å². The number of ether oxygens (including phenoxy) is 2. The molecule has 0 fully saturated rings. The highest BCUT2D eigenvalue weighted by Crippen LogP contribution is 2.32. The summed E-state index contributed by atoms with van der Waals surface area (Å²) in [6, 6.07) is 6.17. The summed E-state index contributed by atoms with van der Waals surface area (Å²) in [6.45, 7) is 3.15. The number of imidazole rings is 1.